The molecule has 2 aromatic carbocycles. The van der Waals surface area contributed by atoms with E-state index < -0.39 is 0 Å². The Labute approximate surface area is 182 Å². The fourth-order valence-electron chi connectivity index (χ4n) is 3.37. The minimum Gasteiger partial charge on any atom is -0.318 e. The number of ketones is 1. The molecular formula is C22H17Cl2N3OS. The molecule has 4 nitrogen and oxygen atoms in total. The summed E-state index contributed by atoms with van der Waals surface area (Å²) in [5, 5.41) is 2.75. The van der Waals surface area contributed by atoms with Gasteiger partial charge in [-0.1, -0.05) is 53.2 Å². The van der Waals surface area contributed by atoms with Crippen molar-refractivity contribution in [3.63, 3.8) is 0 Å². The fraction of sp³-hybridized carbons (Fsp3) is 0.136. The van der Waals surface area contributed by atoms with Gasteiger partial charge in [-0.05, 0) is 44.2 Å². The summed E-state index contributed by atoms with van der Waals surface area (Å²) < 4.78 is 2.01. The number of fused-ring (bicyclic) bond motifs is 1. The van der Waals surface area contributed by atoms with E-state index in [2.05, 4.69) is 9.97 Å². The maximum absolute atomic E-state index is 13.0. The van der Waals surface area contributed by atoms with Crippen LogP contribution in [0.4, 0.5) is 0 Å². The van der Waals surface area contributed by atoms with Crippen molar-refractivity contribution in [3.8, 4) is 5.69 Å². The topological polar surface area (TPSA) is 47.8 Å². The SMILES string of the molecule is Cc1cc(C(=O)CSc2ncnc3ccccc23)c(C)n1-c1ccc(Cl)c(Cl)c1. The maximum atomic E-state index is 13.0. The predicted octanol–water partition coefficient (Wildman–Crippen LogP) is 6.32. The standard InChI is InChI=1S/C22H17Cl2N3OS/c1-13-9-17(14(2)27(13)15-7-8-18(23)19(24)10-15)21(28)11-29-22-16-5-3-4-6-20(16)25-12-26-22/h3-10,12H,11H2,1-2H3. The third-order valence-corrected chi connectivity index (χ3v) is 6.48. The van der Waals surface area contributed by atoms with Gasteiger partial charge < -0.3 is 4.57 Å². The Morgan fingerprint density at radius 1 is 1.03 bits per heavy atom. The first-order valence-corrected chi connectivity index (χ1v) is 10.7. The number of hydrogen-bond donors (Lipinski definition) is 0. The van der Waals surface area contributed by atoms with Gasteiger partial charge in [0, 0.05) is 28.0 Å². The summed E-state index contributed by atoms with van der Waals surface area (Å²) in [6, 6.07) is 15.2. The molecule has 0 aliphatic rings. The lowest BCUT2D eigenvalue weighted by Crippen LogP contribution is -2.06. The lowest BCUT2D eigenvalue weighted by molar-refractivity contribution is 0.102. The Morgan fingerprint density at radius 2 is 1.83 bits per heavy atom. The third kappa shape index (κ3) is 3.90. The van der Waals surface area contributed by atoms with Crippen molar-refractivity contribution in [2.24, 2.45) is 0 Å². The Morgan fingerprint density at radius 3 is 2.62 bits per heavy atom. The molecule has 0 atom stereocenters. The molecule has 0 saturated heterocycles. The van der Waals surface area contributed by atoms with Crippen LogP contribution in [0.3, 0.4) is 0 Å². The molecule has 0 aliphatic carbocycles. The second-order valence-electron chi connectivity index (χ2n) is 6.63. The van der Waals surface area contributed by atoms with Gasteiger partial charge in [-0.3, -0.25) is 4.79 Å². The summed E-state index contributed by atoms with van der Waals surface area (Å²) in [5.41, 5.74) is 4.28. The molecule has 0 unspecified atom stereocenters. The predicted molar refractivity (Wildman–Crippen MR) is 120 cm³/mol. The van der Waals surface area contributed by atoms with Crippen LogP contribution in [0, 0.1) is 13.8 Å². The number of carbonyl (C=O) groups is 1. The van der Waals surface area contributed by atoms with Gasteiger partial charge in [-0.15, -0.1) is 0 Å². The highest BCUT2D eigenvalue weighted by Crippen LogP contribution is 2.29. The van der Waals surface area contributed by atoms with Crippen LogP contribution in [0.5, 0.6) is 0 Å². The molecule has 0 saturated carbocycles. The summed E-state index contributed by atoms with van der Waals surface area (Å²) in [6.45, 7) is 3.91. The van der Waals surface area contributed by atoms with E-state index in [-0.39, 0.29) is 5.78 Å². The highest BCUT2D eigenvalue weighted by Gasteiger charge is 2.18. The summed E-state index contributed by atoms with van der Waals surface area (Å²) in [4.78, 5) is 21.6. The van der Waals surface area contributed by atoms with Crippen LogP contribution < -0.4 is 0 Å². The number of nitrogens with zero attached hydrogens (tertiary/aromatic N) is 3. The largest absolute Gasteiger partial charge is 0.318 e. The molecule has 0 amide bonds. The van der Waals surface area contributed by atoms with Gasteiger partial charge in [0.25, 0.3) is 0 Å². The number of aryl methyl sites for hydroxylation is 1. The average molecular weight is 442 g/mol. The monoisotopic (exact) mass is 441 g/mol. The average Bonchev–Trinajstić information content (AvgIpc) is 3.02. The normalized spacial score (nSPS) is 11.2. The van der Waals surface area contributed by atoms with E-state index in [1.54, 1.807) is 12.1 Å². The van der Waals surface area contributed by atoms with Crippen molar-refractivity contribution < 1.29 is 4.79 Å². The number of aromatic nitrogens is 3. The van der Waals surface area contributed by atoms with Gasteiger partial charge in [-0.25, -0.2) is 9.97 Å². The molecule has 0 fully saturated rings. The Balaban J connectivity index is 1.60. The number of halogens is 2. The zero-order valence-electron chi connectivity index (χ0n) is 15.8. The molecule has 2 aromatic heterocycles. The molecule has 29 heavy (non-hydrogen) atoms. The first kappa shape index (κ1) is 20.0. The van der Waals surface area contributed by atoms with Crippen LogP contribution in [-0.4, -0.2) is 26.1 Å². The molecule has 0 spiro atoms. The highest BCUT2D eigenvalue weighted by molar-refractivity contribution is 8.00. The molecular weight excluding hydrogens is 425 g/mol. The number of benzene rings is 2. The van der Waals surface area contributed by atoms with Crippen LogP contribution in [0.2, 0.25) is 10.0 Å². The highest BCUT2D eigenvalue weighted by atomic mass is 35.5. The van der Waals surface area contributed by atoms with E-state index in [1.807, 2.05) is 54.8 Å². The van der Waals surface area contributed by atoms with E-state index in [1.165, 1.54) is 18.1 Å². The number of carbonyl (C=O) groups excluding carboxylic acids is 1. The lowest BCUT2D eigenvalue weighted by Gasteiger charge is -2.11. The third-order valence-electron chi connectivity index (χ3n) is 4.74. The first-order valence-electron chi connectivity index (χ1n) is 8.96. The van der Waals surface area contributed by atoms with Crippen molar-refractivity contribution in [1.82, 2.24) is 14.5 Å². The van der Waals surface area contributed by atoms with Gasteiger partial charge in [0.15, 0.2) is 5.78 Å². The summed E-state index contributed by atoms with van der Waals surface area (Å²) in [7, 11) is 0. The van der Waals surface area contributed by atoms with Crippen molar-refractivity contribution in [2.75, 3.05) is 5.75 Å². The van der Waals surface area contributed by atoms with Crippen LogP contribution in [-0.2, 0) is 0 Å². The van der Waals surface area contributed by atoms with Gasteiger partial charge in [0.05, 0.1) is 21.3 Å². The smallest absolute Gasteiger partial charge is 0.174 e. The maximum Gasteiger partial charge on any atom is 0.174 e. The van der Waals surface area contributed by atoms with Crippen molar-refractivity contribution in [2.45, 2.75) is 18.9 Å². The second kappa shape index (κ2) is 8.19. The number of hydrogen-bond acceptors (Lipinski definition) is 4. The minimum absolute atomic E-state index is 0.0529. The van der Waals surface area contributed by atoms with E-state index in [0.717, 1.165) is 33.0 Å². The van der Waals surface area contributed by atoms with E-state index in [9.17, 15) is 4.79 Å². The van der Waals surface area contributed by atoms with Gasteiger partial charge in [0.1, 0.15) is 11.4 Å². The number of Topliss-reactive ketones (excluding diaryl/α,β-unsaturated/α-hetero) is 1. The lowest BCUT2D eigenvalue weighted by atomic mass is 10.2. The number of para-hydroxylation sites is 1. The van der Waals surface area contributed by atoms with Crippen molar-refractivity contribution in [1.29, 1.82) is 0 Å². The van der Waals surface area contributed by atoms with Crippen molar-refractivity contribution in [3.05, 3.63) is 81.9 Å². The van der Waals surface area contributed by atoms with E-state index >= 15 is 0 Å². The molecule has 7 heteroatoms. The zero-order valence-corrected chi connectivity index (χ0v) is 18.1. The molecule has 0 radical (unpaired) electrons. The summed E-state index contributed by atoms with van der Waals surface area (Å²) in [6.07, 6.45) is 1.53. The molecule has 4 aromatic rings. The second-order valence-corrected chi connectivity index (χ2v) is 8.40. The Kier molecular flexibility index (Phi) is 5.63. The van der Waals surface area contributed by atoms with Gasteiger partial charge in [-0.2, -0.15) is 0 Å². The number of thioether (sulfide) groups is 1. The van der Waals surface area contributed by atoms with E-state index in [0.29, 0.717) is 21.4 Å². The minimum atomic E-state index is 0.0529. The quantitative estimate of drug-likeness (QED) is 0.206. The first-order chi connectivity index (χ1) is 14.0. The summed E-state index contributed by atoms with van der Waals surface area (Å²) >= 11 is 13.6. The molecule has 4 rings (SSSR count). The van der Waals surface area contributed by atoms with Crippen LogP contribution >= 0.6 is 35.0 Å². The zero-order chi connectivity index (χ0) is 20.5. The van der Waals surface area contributed by atoms with Crippen LogP contribution in [0.25, 0.3) is 16.6 Å². The Hall–Kier alpha value is -2.34. The molecule has 146 valence electrons. The van der Waals surface area contributed by atoms with Gasteiger partial charge >= 0.3 is 0 Å². The summed E-state index contributed by atoms with van der Waals surface area (Å²) in [5.74, 6) is 0.351. The van der Waals surface area contributed by atoms with Crippen LogP contribution in [0.15, 0.2) is 59.9 Å². The number of rotatable bonds is 5. The van der Waals surface area contributed by atoms with Gasteiger partial charge in [0.2, 0.25) is 0 Å². The molecule has 0 N–H and O–H groups in total. The fourth-order valence-corrected chi connectivity index (χ4v) is 4.54. The molecule has 2 heterocycles. The van der Waals surface area contributed by atoms with Crippen LogP contribution in [0.1, 0.15) is 21.7 Å². The molecule has 0 bridgehead atoms. The van der Waals surface area contributed by atoms with E-state index in [4.69, 9.17) is 23.2 Å². The molecule has 0 aliphatic heterocycles. The Bertz CT molecular complexity index is 1230. The van der Waals surface area contributed by atoms with Crippen molar-refractivity contribution >= 4 is 51.6 Å².